The van der Waals surface area contributed by atoms with Crippen molar-refractivity contribution in [2.24, 2.45) is 11.7 Å². The van der Waals surface area contributed by atoms with Crippen molar-refractivity contribution in [3.63, 3.8) is 0 Å². The van der Waals surface area contributed by atoms with E-state index in [9.17, 15) is 9.00 Å². The van der Waals surface area contributed by atoms with E-state index in [-0.39, 0.29) is 5.91 Å². The van der Waals surface area contributed by atoms with Crippen LogP contribution in [0.3, 0.4) is 0 Å². The normalized spacial score (nSPS) is 15.9. The first kappa shape index (κ1) is 15.6. The summed E-state index contributed by atoms with van der Waals surface area (Å²) in [4.78, 5) is 11.6. The third-order valence-electron chi connectivity index (χ3n) is 1.96. The summed E-state index contributed by atoms with van der Waals surface area (Å²) in [6.07, 6.45) is 0. The molecule has 0 aliphatic carbocycles. The predicted molar refractivity (Wildman–Crippen MR) is 68.6 cm³/mol. The van der Waals surface area contributed by atoms with Gasteiger partial charge in [0.05, 0.1) is 0 Å². The van der Waals surface area contributed by atoms with Gasteiger partial charge in [-0.1, -0.05) is 13.8 Å². The van der Waals surface area contributed by atoms with E-state index in [1.807, 2.05) is 27.7 Å². The van der Waals surface area contributed by atoms with Gasteiger partial charge >= 0.3 is 0 Å². The third-order valence-corrected chi connectivity index (χ3v) is 3.99. The second-order valence-electron chi connectivity index (χ2n) is 5.29. The zero-order valence-electron chi connectivity index (χ0n) is 10.9. The van der Waals surface area contributed by atoms with Crippen LogP contribution in [0.25, 0.3) is 0 Å². The van der Waals surface area contributed by atoms with E-state index in [1.54, 1.807) is 6.92 Å². The lowest BCUT2D eigenvalue weighted by Crippen LogP contribution is -2.44. The van der Waals surface area contributed by atoms with Crippen LogP contribution in [0.15, 0.2) is 0 Å². The average molecular weight is 248 g/mol. The van der Waals surface area contributed by atoms with Gasteiger partial charge in [0.15, 0.2) is 0 Å². The maximum absolute atomic E-state index is 11.8. The molecule has 0 aliphatic rings. The Labute approximate surface area is 101 Å². The predicted octanol–water partition coefficient (Wildman–Crippen LogP) is 0.633. The molecular formula is C11H24N2O2S. The lowest BCUT2D eigenvalue weighted by atomic mass is 10.1. The molecule has 2 atom stereocenters. The highest BCUT2D eigenvalue weighted by Crippen LogP contribution is 2.05. The van der Waals surface area contributed by atoms with Gasteiger partial charge in [0.1, 0.15) is 5.25 Å². The van der Waals surface area contributed by atoms with E-state index < -0.39 is 21.6 Å². The van der Waals surface area contributed by atoms with Gasteiger partial charge in [-0.05, 0) is 26.7 Å². The number of nitrogens with two attached hydrogens (primary N) is 1. The molecule has 2 unspecified atom stereocenters. The van der Waals surface area contributed by atoms with Gasteiger partial charge < -0.3 is 11.1 Å². The Balaban J connectivity index is 4.17. The molecule has 4 nitrogen and oxygen atoms in total. The minimum Gasteiger partial charge on any atom is -0.355 e. The maximum Gasteiger partial charge on any atom is 0.235 e. The zero-order valence-corrected chi connectivity index (χ0v) is 11.7. The van der Waals surface area contributed by atoms with Crippen LogP contribution >= 0.6 is 0 Å². The van der Waals surface area contributed by atoms with Gasteiger partial charge in [0.2, 0.25) is 5.91 Å². The number of hydrogen-bond acceptors (Lipinski definition) is 3. The molecule has 96 valence electrons. The van der Waals surface area contributed by atoms with Crippen molar-refractivity contribution in [2.45, 2.75) is 45.4 Å². The lowest BCUT2D eigenvalue weighted by molar-refractivity contribution is -0.120. The second-order valence-corrected chi connectivity index (χ2v) is 7.05. The molecule has 0 aromatic heterocycles. The van der Waals surface area contributed by atoms with Crippen LogP contribution in [0.5, 0.6) is 0 Å². The van der Waals surface area contributed by atoms with Gasteiger partial charge in [-0.15, -0.1) is 0 Å². The Morgan fingerprint density at radius 2 is 1.88 bits per heavy atom. The van der Waals surface area contributed by atoms with Gasteiger partial charge in [0, 0.05) is 28.6 Å². The monoisotopic (exact) mass is 248 g/mol. The van der Waals surface area contributed by atoms with Gasteiger partial charge in [-0.25, -0.2) is 0 Å². The Morgan fingerprint density at radius 1 is 1.38 bits per heavy atom. The Hall–Kier alpha value is -0.420. The standard InChI is InChI=1S/C11H24N2O2S/c1-8(2)6-13-10(14)9(3)16(15)7-11(4,5)12/h8-9H,6-7,12H2,1-5H3,(H,13,14). The zero-order chi connectivity index (χ0) is 12.9. The molecule has 0 aromatic carbocycles. The van der Waals surface area contributed by atoms with Crippen molar-refractivity contribution in [3.05, 3.63) is 0 Å². The molecule has 0 aliphatic heterocycles. The van der Waals surface area contributed by atoms with Crippen LogP contribution < -0.4 is 11.1 Å². The number of nitrogens with one attached hydrogen (secondary N) is 1. The minimum absolute atomic E-state index is 0.156. The first-order valence-corrected chi connectivity index (χ1v) is 6.95. The minimum atomic E-state index is -1.22. The highest BCUT2D eigenvalue weighted by atomic mass is 32.2. The second kappa shape index (κ2) is 6.35. The van der Waals surface area contributed by atoms with E-state index in [1.165, 1.54) is 0 Å². The van der Waals surface area contributed by atoms with E-state index in [0.29, 0.717) is 18.2 Å². The first-order valence-electron chi connectivity index (χ1n) is 5.57. The van der Waals surface area contributed by atoms with Crippen molar-refractivity contribution in [3.8, 4) is 0 Å². The first-order chi connectivity index (χ1) is 7.13. The molecule has 0 saturated carbocycles. The highest BCUT2D eigenvalue weighted by Gasteiger charge is 2.24. The fourth-order valence-corrected chi connectivity index (χ4v) is 2.36. The number of amides is 1. The lowest BCUT2D eigenvalue weighted by Gasteiger charge is -2.20. The molecule has 3 N–H and O–H groups in total. The summed E-state index contributed by atoms with van der Waals surface area (Å²) < 4.78 is 11.8. The topological polar surface area (TPSA) is 72.2 Å². The van der Waals surface area contributed by atoms with Crippen LogP contribution in [0.1, 0.15) is 34.6 Å². The summed E-state index contributed by atoms with van der Waals surface area (Å²) >= 11 is 0. The summed E-state index contributed by atoms with van der Waals surface area (Å²) in [6.45, 7) is 9.95. The van der Waals surface area contributed by atoms with Crippen molar-refractivity contribution in [2.75, 3.05) is 12.3 Å². The molecule has 0 fully saturated rings. The van der Waals surface area contributed by atoms with Gasteiger partial charge in [-0.2, -0.15) is 0 Å². The van der Waals surface area contributed by atoms with E-state index >= 15 is 0 Å². The molecular weight excluding hydrogens is 224 g/mol. The van der Waals surface area contributed by atoms with Gasteiger partial charge in [0.25, 0.3) is 0 Å². The molecule has 0 rings (SSSR count). The molecule has 0 saturated heterocycles. The molecule has 0 aromatic rings. The SMILES string of the molecule is CC(C)CNC(=O)C(C)S(=O)CC(C)(C)N. The Morgan fingerprint density at radius 3 is 2.25 bits per heavy atom. The number of carbonyl (C=O) groups is 1. The smallest absolute Gasteiger partial charge is 0.235 e. The van der Waals surface area contributed by atoms with Crippen molar-refractivity contribution >= 4 is 16.7 Å². The number of hydrogen-bond donors (Lipinski definition) is 2. The highest BCUT2D eigenvalue weighted by molar-refractivity contribution is 7.86. The fourth-order valence-electron chi connectivity index (χ4n) is 1.06. The Kier molecular flexibility index (Phi) is 6.18. The van der Waals surface area contributed by atoms with E-state index in [2.05, 4.69) is 5.32 Å². The average Bonchev–Trinajstić information content (AvgIpc) is 2.10. The van der Waals surface area contributed by atoms with Crippen LogP contribution in [0, 0.1) is 5.92 Å². The Bertz CT molecular complexity index is 259. The van der Waals surface area contributed by atoms with Crippen molar-refractivity contribution in [1.29, 1.82) is 0 Å². The molecule has 0 heterocycles. The van der Waals surface area contributed by atoms with Crippen LogP contribution in [-0.2, 0) is 15.6 Å². The van der Waals surface area contributed by atoms with Crippen LogP contribution in [-0.4, -0.2) is 33.2 Å². The number of rotatable bonds is 6. The molecule has 0 spiro atoms. The van der Waals surface area contributed by atoms with E-state index in [4.69, 9.17) is 5.73 Å². The summed E-state index contributed by atoms with van der Waals surface area (Å²) in [6, 6.07) is 0. The summed E-state index contributed by atoms with van der Waals surface area (Å²) in [7, 11) is -1.22. The number of carbonyl (C=O) groups excluding carboxylic acids is 1. The van der Waals surface area contributed by atoms with Gasteiger partial charge in [-0.3, -0.25) is 9.00 Å². The quantitative estimate of drug-likeness (QED) is 0.724. The largest absolute Gasteiger partial charge is 0.355 e. The maximum atomic E-state index is 11.8. The fraction of sp³-hybridized carbons (Fsp3) is 0.909. The van der Waals surface area contributed by atoms with Crippen molar-refractivity contribution < 1.29 is 9.00 Å². The molecule has 5 heteroatoms. The van der Waals surface area contributed by atoms with E-state index in [0.717, 1.165) is 0 Å². The molecule has 16 heavy (non-hydrogen) atoms. The third kappa shape index (κ3) is 6.95. The summed E-state index contributed by atoms with van der Waals surface area (Å²) in [5.74, 6) is 0.579. The van der Waals surface area contributed by atoms with Crippen LogP contribution in [0.4, 0.5) is 0 Å². The molecule has 1 amide bonds. The summed E-state index contributed by atoms with van der Waals surface area (Å²) in [5, 5.41) is 2.28. The molecule has 0 radical (unpaired) electrons. The molecule has 0 bridgehead atoms. The van der Waals surface area contributed by atoms with Crippen LogP contribution in [0.2, 0.25) is 0 Å². The summed E-state index contributed by atoms with van der Waals surface area (Å²) in [5.41, 5.74) is 5.27. The van der Waals surface area contributed by atoms with Crippen molar-refractivity contribution in [1.82, 2.24) is 5.32 Å².